The number of benzene rings is 1. The molecule has 0 aliphatic carbocycles. The van der Waals surface area contributed by atoms with Crippen LogP contribution in [0.2, 0.25) is 0 Å². The quantitative estimate of drug-likeness (QED) is 0.567. The molecule has 0 radical (unpaired) electrons. The van der Waals surface area contributed by atoms with Crippen LogP contribution in [0, 0.1) is 0 Å². The van der Waals surface area contributed by atoms with E-state index >= 15 is 0 Å². The summed E-state index contributed by atoms with van der Waals surface area (Å²) in [5.41, 5.74) is 1.38. The minimum atomic E-state index is 0.676. The molecule has 0 aliphatic heterocycles. The Labute approximate surface area is 109 Å². The molecule has 0 bridgehead atoms. The predicted molar refractivity (Wildman–Crippen MR) is 75.6 cm³/mol. The van der Waals surface area contributed by atoms with Crippen molar-refractivity contribution in [3.63, 3.8) is 0 Å². The first kappa shape index (κ1) is 14.6. The summed E-state index contributed by atoms with van der Waals surface area (Å²) < 4.78 is 5.02. The normalized spacial score (nSPS) is 12.6. The van der Waals surface area contributed by atoms with Crippen LogP contribution in [0.3, 0.4) is 0 Å². The van der Waals surface area contributed by atoms with Crippen LogP contribution >= 0.6 is 11.8 Å². The summed E-state index contributed by atoms with van der Waals surface area (Å²) in [4.78, 5) is 1.40. The third-order valence-electron chi connectivity index (χ3n) is 2.67. The summed E-state index contributed by atoms with van der Waals surface area (Å²) in [6.45, 7) is 7.10. The summed E-state index contributed by atoms with van der Waals surface area (Å²) in [5, 5.41) is 4.07. The fourth-order valence-electron chi connectivity index (χ4n) is 1.46. The maximum Gasteiger partial charge on any atom is 0.0587 e. The molecule has 2 nitrogen and oxygen atoms in total. The average molecular weight is 253 g/mol. The number of nitrogens with one attached hydrogen (secondary N) is 1. The molecule has 3 heteroatoms. The van der Waals surface area contributed by atoms with Gasteiger partial charge in [0.25, 0.3) is 0 Å². The summed E-state index contributed by atoms with van der Waals surface area (Å²) in [5.74, 6) is 0. The van der Waals surface area contributed by atoms with Gasteiger partial charge in [0, 0.05) is 30.3 Å². The first-order valence-electron chi connectivity index (χ1n) is 6.22. The SMILES string of the molecule is CCC(C)Sc1ccccc1CNCCOC. The topological polar surface area (TPSA) is 21.3 Å². The van der Waals surface area contributed by atoms with Crippen LogP contribution in [0.25, 0.3) is 0 Å². The third kappa shape index (κ3) is 5.57. The number of hydrogen-bond donors (Lipinski definition) is 1. The molecule has 17 heavy (non-hydrogen) atoms. The van der Waals surface area contributed by atoms with Gasteiger partial charge in [-0.2, -0.15) is 0 Å². The van der Waals surface area contributed by atoms with Gasteiger partial charge in [-0.3, -0.25) is 0 Å². The molecule has 0 saturated carbocycles. The summed E-state index contributed by atoms with van der Waals surface area (Å²) in [7, 11) is 1.73. The Balaban J connectivity index is 2.51. The van der Waals surface area contributed by atoms with E-state index in [1.54, 1.807) is 7.11 Å². The fraction of sp³-hybridized carbons (Fsp3) is 0.571. The Hall–Kier alpha value is -0.510. The van der Waals surface area contributed by atoms with Crippen LogP contribution < -0.4 is 5.32 Å². The summed E-state index contributed by atoms with van der Waals surface area (Å²) in [6.07, 6.45) is 1.20. The van der Waals surface area contributed by atoms with Crippen molar-refractivity contribution in [1.29, 1.82) is 0 Å². The van der Waals surface area contributed by atoms with E-state index in [0.29, 0.717) is 5.25 Å². The molecule has 1 unspecified atom stereocenters. The number of thioether (sulfide) groups is 1. The highest BCUT2D eigenvalue weighted by Gasteiger charge is 2.06. The molecule has 0 aliphatic rings. The molecule has 0 amide bonds. The van der Waals surface area contributed by atoms with E-state index < -0.39 is 0 Å². The Morgan fingerprint density at radius 3 is 2.82 bits per heavy atom. The van der Waals surface area contributed by atoms with E-state index in [4.69, 9.17) is 4.74 Å². The van der Waals surface area contributed by atoms with E-state index in [1.165, 1.54) is 16.9 Å². The Morgan fingerprint density at radius 2 is 2.12 bits per heavy atom. The summed E-state index contributed by atoms with van der Waals surface area (Å²) in [6, 6.07) is 8.63. The van der Waals surface area contributed by atoms with Crippen LogP contribution in [0.1, 0.15) is 25.8 Å². The zero-order valence-corrected chi connectivity index (χ0v) is 11.8. The zero-order valence-electron chi connectivity index (χ0n) is 11.0. The van der Waals surface area contributed by atoms with Crippen molar-refractivity contribution in [2.45, 2.75) is 37.0 Å². The van der Waals surface area contributed by atoms with E-state index in [-0.39, 0.29) is 0 Å². The standard InChI is InChI=1S/C14H23NOS/c1-4-12(2)17-14-8-6-5-7-13(14)11-15-9-10-16-3/h5-8,12,15H,4,9-11H2,1-3H3. The van der Waals surface area contributed by atoms with Crippen LogP contribution in [0.5, 0.6) is 0 Å². The second kappa shape index (κ2) is 8.56. The fourth-order valence-corrected chi connectivity index (χ4v) is 2.51. The van der Waals surface area contributed by atoms with Gasteiger partial charge in [0.05, 0.1) is 6.61 Å². The van der Waals surface area contributed by atoms with Crippen LogP contribution in [-0.4, -0.2) is 25.5 Å². The zero-order chi connectivity index (χ0) is 12.5. The smallest absolute Gasteiger partial charge is 0.0587 e. The largest absolute Gasteiger partial charge is 0.383 e. The van der Waals surface area contributed by atoms with Gasteiger partial charge in [0.2, 0.25) is 0 Å². The van der Waals surface area contributed by atoms with Gasteiger partial charge in [-0.25, -0.2) is 0 Å². The minimum Gasteiger partial charge on any atom is -0.383 e. The maximum absolute atomic E-state index is 5.02. The van der Waals surface area contributed by atoms with Gasteiger partial charge in [0.15, 0.2) is 0 Å². The molecule has 1 N–H and O–H groups in total. The van der Waals surface area contributed by atoms with Crippen LogP contribution in [0.15, 0.2) is 29.2 Å². The van der Waals surface area contributed by atoms with Crippen molar-refractivity contribution in [3.8, 4) is 0 Å². The number of hydrogen-bond acceptors (Lipinski definition) is 3. The molecule has 1 rings (SSSR count). The first-order chi connectivity index (χ1) is 8.27. The lowest BCUT2D eigenvalue weighted by atomic mass is 10.2. The minimum absolute atomic E-state index is 0.676. The average Bonchev–Trinajstić information content (AvgIpc) is 2.36. The van der Waals surface area contributed by atoms with Crippen molar-refractivity contribution in [2.24, 2.45) is 0 Å². The monoisotopic (exact) mass is 253 g/mol. The van der Waals surface area contributed by atoms with Crippen LogP contribution in [-0.2, 0) is 11.3 Å². The third-order valence-corrected chi connectivity index (χ3v) is 4.06. The Kier molecular flexibility index (Phi) is 7.33. The molecule has 1 aromatic carbocycles. The molecule has 0 saturated heterocycles. The van der Waals surface area contributed by atoms with Crippen molar-refractivity contribution in [1.82, 2.24) is 5.32 Å². The van der Waals surface area contributed by atoms with Crippen molar-refractivity contribution >= 4 is 11.8 Å². The molecule has 0 heterocycles. The maximum atomic E-state index is 5.02. The molecule has 0 aromatic heterocycles. The van der Waals surface area contributed by atoms with E-state index in [0.717, 1.165) is 19.7 Å². The number of methoxy groups -OCH3 is 1. The molecule has 0 fully saturated rings. The highest BCUT2D eigenvalue weighted by molar-refractivity contribution is 8.00. The predicted octanol–water partition coefficient (Wildman–Crippen LogP) is 3.31. The lowest BCUT2D eigenvalue weighted by molar-refractivity contribution is 0.199. The lowest BCUT2D eigenvalue weighted by Crippen LogP contribution is -2.19. The van der Waals surface area contributed by atoms with Gasteiger partial charge < -0.3 is 10.1 Å². The summed E-state index contributed by atoms with van der Waals surface area (Å²) >= 11 is 1.96. The van der Waals surface area contributed by atoms with E-state index in [1.807, 2.05) is 11.8 Å². The number of ether oxygens (including phenoxy) is 1. The molecule has 1 atom stereocenters. The van der Waals surface area contributed by atoms with E-state index in [2.05, 4.69) is 43.4 Å². The molecule has 0 spiro atoms. The van der Waals surface area contributed by atoms with Crippen molar-refractivity contribution in [2.75, 3.05) is 20.3 Å². The Morgan fingerprint density at radius 1 is 1.35 bits per heavy atom. The van der Waals surface area contributed by atoms with Gasteiger partial charge >= 0.3 is 0 Å². The van der Waals surface area contributed by atoms with Gasteiger partial charge in [-0.05, 0) is 18.1 Å². The van der Waals surface area contributed by atoms with Gasteiger partial charge in [-0.1, -0.05) is 32.0 Å². The second-order valence-corrected chi connectivity index (χ2v) is 5.59. The highest BCUT2D eigenvalue weighted by Crippen LogP contribution is 2.28. The highest BCUT2D eigenvalue weighted by atomic mass is 32.2. The molecule has 1 aromatic rings. The van der Waals surface area contributed by atoms with Crippen molar-refractivity contribution < 1.29 is 4.74 Å². The molecule has 96 valence electrons. The first-order valence-corrected chi connectivity index (χ1v) is 7.10. The lowest BCUT2D eigenvalue weighted by Gasteiger charge is -2.13. The second-order valence-electron chi connectivity index (χ2n) is 4.11. The molecular formula is C14H23NOS. The van der Waals surface area contributed by atoms with Gasteiger partial charge in [-0.15, -0.1) is 11.8 Å². The van der Waals surface area contributed by atoms with Crippen LogP contribution in [0.4, 0.5) is 0 Å². The van der Waals surface area contributed by atoms with Crippen molar-refractivity contribution in [3.05, 3.63) is 29.8 Å². The number of rotatable bonds is 8. The van der Waals surface area contributed by atoms with Gasteiger partial charge in [0.1, 0.15) is 0 Å². The molecular weight excluding hydrogens is 230 g/mol. The van der Waals surface area contributed by atoms with E-state index in [9.17, 15) is 0 Å². The Bertz CT molecular complexity index is 317.